The highest BCUT2D eigenvalue weighted by Gasteiger charge is 2.33. The van der Waals surface area contributed by atoms with Crippen LogP contribution in [0.5, 0.6) is 0 Å². The molecule has 5 heteroatoms. The number of hydrogen-bond acceptors (Lipinski definition) is 3. The van der Waals surface area contributed by atoms with Crippen LogP contribution in [0.2, 0.25) is 0 Å². The lowest BCUT2D eigenvalue weighted by atomic mass is 10.0. The van der Waals surface area contributed by atoms with Crippen molar-refractivity contribution in [2.24, 2.45) is 5.92 Å². The molecular formula is C8H16N2O3. The summed E-state index contributed by atoms with van der Waals surface area (Å²) >= 11 is 0. The molecule has 2 amide bonds. The molecule has 0 radical (unpaired) electrons. The molecule has 13 heavy (non-hydrogen) atoms. The number of rotatable bonds is 2. The van der Waals surface area contributed by atoms with Crippen molar-refractivity contribution in [2.45, 2.75) is 19.4 Å². The van der Waals surface area contributed by atoms with E-state index in [1.165, 1.54) is 7.11 Å². The van der Waals surface area contributed by atoms with Gasteiger partial charge in [-0.15, -0.1) is 0 Å². The highest BCUT2D eigenvalue weighted by Crippen LogP contribution is 2.23. The van der Waals surface area contributed by atoms with E-state index in [2.05, 4.69) is 10.3 Å². The number of carbonyl (C=O) groups excluding carboxylic acids is 1. The number of aliphatic hydroxyl groups excluding tert-OH is 1. The summed E-state index contributed by atoms with van der Waals surface area (Å²) in [7, 11) is 1.40. The molecule has 0 bridgehead atoms. The van der Waals surface area contributed by atoms with Crippen molar-refractivity contribution in [3.05, 3.63) is 0 Å². The van der Waals surface area contributed by atoms with Gasteiger partial charge in [-0.05, 0) is 13.3 Å². The molecule has 0 aromatic carbocycles. The molecule has 1 aliphatic rings. The zero-order valence-corrected chi connectivity index (χ0v) is 7.99. The summed E-state index contributed by atoms with van der Waals surface area (Å²) in [6.07, 6.45) is 0.856. The van der Waals surface area contributed by atoms with Gasteiger partial charge in [-0.1, -0.05) is 0 Å². The third-order valence-electron chi connectivity index (χ3n) is 2.60. The summed E-state index contributed by atoms with van der Waals surface area (Å²) in [4.78, 5) is 17.5. The summed E-state index contributed by atoms with van der Waals surface area (Å²) < 4.78 is 0. The maximum Gasteiger partial charge on any atom is 0.341 e. The van der Waals surface area contributed by atoms with Crippen LogP contribution < -0.4 is 5.48 Å². The molecule has 1 saturated heterocycles. The van der Waals surface area contributed by atoms with Crippen molar-refractivity contribution in [1.29, 1.82) is 0 Å². The molecule has 5 nitrogen and oxygen atoms in total. The lowest BCUT2D eigenvalue weighted by Crippen LogP contribution is -2.42. The summed E-state index contributed by atoms with van der Waals surface area (Å²) in [6.45, 7) is 2.75. The summed E-state index contributed by atoms with van der Waals surface area (Å²) in [5.41, 5.74) is 2.27. The molecule has 0 aliphatic carbocycles. The standard InChI is InChI=1S/C8H16N2O3/c1-6-7(5-11)3-4-10(6)8(12)9-13-2/h6-7,11H,3-5H2,1-2H3,(H,9,12). The Hall–Kier alpha value is -0.810. The molecule has 2 atom stereocenters. The SMILES string of the molecule is CONC(=O)N1CCC(CO)C1C. The maximum atomic E-state index is 11.3. The zero-order chi connectivity index (χ0) is 9.84. The number of aliphatic hydroxyl groups is 1. The van der Waals surface area contributed by atoms with Crippen LogP contribution in [0.4, 0.5) is 4.79 Å². The molecule has 0 aromatic heterocycles. The van der Waals surface area contributed by atoms with Gasteiger partial charge in [0, 0.05) is 25.1 Å². The van der Waals surface area contributed by atoms with E-state index in [1.54, 1.807) is 4.90 Å². The maximum absolute atomic E-state index is 11.3. The molecule has 0 aromatic rings. The first-order chi connectivity index (χ1) is 6.20. The van der Waals surface area contributed by atoms with Crippen LogP contribution in [-0.4, -0.2) is 42.3 Å². The third-order valence-corrected chi connectivity index (χ3v) is 2.60. The summed E-state index contributed by atoms with van der Waals surface area (Å²) in [5, 5.41) is 8.98. The van der Waals surface area contributed by atoms with Crippen molar-refractivity contribution in [2.75, 3.05) is 20.3 Å². The topological polar surface area (TPSA) is 61.8 Å². The Morgan fingerprint density at radius 2 is 2.46 bits per heavy atom. The molecule has 1 heterocycles. The van der Waals surface area contributed by atoms with E-state index in [1.807, 2.05) is 6.92 Å². The monoisotopic (exact) mass is 188 g/mol. The Balaban J connectivity index is 2.48. The fourth-order valence-electron chi connectivity index (χ4n) is 1.68. The number of nitrogens with one attached hydrogen (secondary N) is 1. The van der Waals surface area contributed by atoms with Crippen LogP contribution in [0.1, 0.15) is 13.3 Å². The molecule has 1 rings (SSSR count). The minimum absolute atomic E-state index is 0.0835. The van der Waals surface area contributed by atoms with E-state index in [9.17, 15) is 4.79 Å². The zero-order valence-electron chi connectivity index (χ0n) is 7.99. The normalized spacial score (nSPS) is 27.8. The van der Waals surface area contributed by atoms with Gasteiger partial charge in [-0.25, -0.2) is 10.3 Å². The lowest BCUT2D eigenvalue weighted by molar-refractivity contribution is 0.0820. The second-order valence-corrected chi connectivity index (χ2v) is 3.28. The number of hydrogen-bond donors (Lipinski definition) is 2. The molecule has 2 N–H and O–H groups in total. The average molecular weight is 188 g/mol. The smallest absolute Gasteiger partial charge is 0.341 e. The van der Waals surface area contributed by atoms with E-state index in [0.29, 0.717) is 6.54 Å². The number of urea groups is 1. The van der Waals surface area contributed by atoms with Gasteiger partial charge in [0.15, 0.2) is 0 Å². The number of nitrogens with zero attached hydrogens (tertiary/aromatic N) is 1. The molecule has 76 valence electrons. The molecule has 1 fully saturated rings. The quantitative estimate of drug-likeness (QED) is 0.598. The van der Waals surface area contributed by atoms with Crippen LogP contribution in [-0.2, 0) is 4.84 Å². The number of hydroxylamine groups is 1. The predicted octanol–water partition coefficient (Wildman–Crippen LogP) is -0.0399. The Kier molecular flexibility index (Phi) is 3.50. The van der Waals surface area contributed by atoms with Crippen molar-refractivity contribution in [1.82, 2.24) is 10.4 Å². The number of amides is 2. The van der Waals surface area contributed by atoms with Crippen LogP contribution >= 0.6 is 0 Å². The summed E-state index contributed by atoms with van der Waals surface area (Å²) in [6, 6.07) is -0.147. The fraction of sp³-hybridized carbons (Fsp3) is 0.875. The van der Waals surface area contributed by atoms with Crippen molar-refractivity contribution >= 4 is 6.03 Å². The van der Waals surface area contributed by atoms with Crippen LogP contribution in [0.15, 0.2) is 0 Å². The highest BCUT2D eigenvalue weighted by atomic mass is 16.6. The first-order valence-corrected chi connectivity index (χ1v) is 4.41. The Morgan fingerprint density at radius 3 is 2.92 bits per heavy atom. The first-order valence-electron chi connectivity index (χ1n) is 4.41. The van der Waals surface area contributed by atoms with Crippen LogP contribution in [0, 0.1) is 5.92 Å². The Labute approximate surface area is 77.6 Å². The van der Waals surface area contributed by atoms with E-state index in [4.69, 9.17) is 5.11 Å². The predicted molar refractivity (Wildman–Crippen MR) is 46.9 cm³/mol. The minimum atomic E-state index is -0.231. The average Bonchev–Trinajstić information content (AvgIpc) is 2.47. The van der Waals surface area contributed by atoms with Gasteiger partial charge in [0.2, 0.25) is 0 Å². The van der Waals surface area contributed by atoms with Gasteiger partial charge >= 0.3 is 6.03 Å². The molecule has 1 aliphatic heterocycles. The highest BCUT2D eigenvalue weighted by molar-refractivity contribution is 5.73. The van der Waals surface area contributed by atoms with Crippen molar-refractivity contribution in [3.8, 4) is 0 Å². The first kappa shape index (κ1) is 10.3. The van der Waals surface area contributed by atoms with Crippen LogP contribution in [0.3, 0.4) is 0 Å². The van der Waals surface area contributed by atoms with Gasteiger partial charge in [0.25, 0.3) is 0 Å². The van der Waals surface area contributed by atoms with Crippen LogP contribution in [0.25, 0.3) is 0 Å². The molecule has 2 unspecified atom stereocenters. The van der Waals surface area contributed by atoms with E-state index < -0.39 is 0 Å². The largest absolute Gasteiger partial charge is 0.396 e. The number of carbonyl (C=O) groups is 1. The fourth-order valence-corrected chi connectivity index (χ4v) is 1.68. The van der Waals surface area contributed by atoms with Gasteiger partial charge in [-0.2, -0.15) is 0 Å². The van der Waals surface area contributed by atoms with Crippen molar-refractivity contribution < 1.29 is 14.7 Å². The van der Waals surface area contributed by atoms with Gasteiger partial charge < -0.3 is 10.0 Å². The lowest BCUT2D eigenvalue weighted by Gasteiger charge is -2.23. The minimum Gasteiger partial charge on any atom is -0.396 e. The third kappa shape index (κ3) is 2.10. The van der Waals surface area contributed by atoms with Crippen molar-refractivity contribution in [3.63, 3.8) is 0 Å². The van der Waals surface area contributed by atoms with Gasteiger partial charge in [0.05, 0.1) is 7.11 Å². The van der Waals surface area contributed by atoms with E-state index in [0.717, 1.165) is 6.42 Å². The second kappa shape index (κ2) is 4.43. The molecule has 0 saturated carbocycles. The molecular weight excluding hydrogens is 172 g/mol. The molecule has 0 spiro atoms. The van der Waals surface area contributed by atoms with E-state index >= 15 is 0 Å². The second-order valence-electron chi connectivity index (χ2n) is 3.28. The number of likely N-dealkylation sites (tertiary alicyclic amines) is 1. The summed E-state index contributed by atoms with van der Waals surface area (Å²) in [5.74, 6) is 0.197. The van der Waals surface area contributed by atoms with Gasteiger partial charge in [0.1, 0.15) is 0 Å². The Bertz CT molecular complexity index is 186. The Morgan fingerprint density at radius 1 is 1.77 bits per heavy atom. The van der Waals surface area contributed by atoms with Gasteiger partial charge in [-0.3, -0.25) is 4.84 Å². The van der Waals surface area contributed by atoms with E-state index in [-0.39, 0.29) is 24.6 Å².